The predicted molar refractivity (Wildman–Crippen MR) is 137 cm³/mol. The highest BCUT2D eigenvalue weighted by Gasteiger charge is 2.07. The van der Waals surface area contributed by atoms with E-state index in [1.54, 1.807) is 6.20 Å². The van der Waals surface area contributed by atoms with Crippen molar-refractivity contribution in [1.29, 1.82) is 0 Å². The first-order valence-electron chi connectivity index (χ1n) is 11.6. The van der Waals surface area contributed by atoms with Crippen LogP contribution in [-0.4, -0.2) is 21.0 Å². The number of rotatable bonds is 10. The number of hydrogen-bond acceptors (Lipinski definition) is 7. The lowest BCUT2D eigenvalue weighted by atomic mass is 10.1. The third-order valence-electron chi connectivity index (χ3n) is 5.52. The van der Waals surface area contributed by atoms with Crippen molar-refractivity contribution in [3.8, 4) is 22.8 Å². The molecule has 2 aromatic carbocycles. The van der Waals surface area contributed by atoms with E-state index in [1.165, 1.54) is 0 Å². The van der Waals surface area contributed by atoms with Crippen molar-refractivity contribution in [2.24, 2.45) is 0 Å². The Morgan fingerprint density at radius 2 is 1.65 bits per heavy atom. The average molecular weight is 455 g/mol. The molecule has 34 heavy (non-hydrogen) atoms. The highest BCUT2D eigenvalue weighted by molar-refractivity contribution is 5.67. The van der Waals surface area contributed by atoms with Gasteiger partial charge in [0.15, 0.2) is 0 Å². The molecule has 0 atom stereocenters. The third kappa shape index (κ3) is 6.30. The minimum absolute atomic E-state index is 0.219. The minimum atomic E-state index is 0.219. The SMILES string of the molecule is CCC(CC)NCc1cc(Oc2ccc(Nc3cc(-c4ccccc4)nc(N)n3)cc2)ccn1. The normalized spacial score (nSPS) is 10.9. The van der Waals surface area contributed by atoms with Crippen LogP contribution in [-0.2, 0) is 6.54 Å². The van der Waals surface area contributed by atoms with Gasteiger partial charge in [-0.3, -0.25) is 4.98 Å². The Kier molecular flexibility index (Phi) is 7.67. The number of hydrogen-bond donors (Lipinski definition) is 3. The molecule has 0 radical (unpaired) electrons. The van der Waals surface area contributed by atoms with Crippen molar-refractivity contribution < 1.29 is 4.74 Å². The van der Waals surface area contributed by atoms with Gasteiger partial charge in [0, 0.05) is 42.2 Å². The van der Waals surface area contributed by atoms with E-state index in [9.17, 15) is 0 Å². The van der Waals surface area contributed by atoms with Gasteiger partial charge in [-0.05, 0) is 43.2 Å². The van der Waals surface area contributed by atoms with Gasteiger partial charge in [-0.15, -0.1) is 0 Å². The van der Waals surface area contributed by atoms with Gasteiger partial charge in [0.05, 0.1) is 11.4 Å². The summed E-state index contributed by atoms with van der Waals surface area (Å²) in [5, 5.41) is 6.82. The summed E-state index contributed by atoms with van der Waals surface area (Å²) in [6.45, 7) is 5.10. The number of nitrogens with one attached hydrogen (secondary N) is 2. The lowest BCUT2D eigenvalue weighted by molar-refractivity contribution is 0.469. The largest absolute Gasteiger partial charge is 0.457 e. The fourth-order valence-corrected chi connectivity index (χ4v) is 3.62. The Labute approximate surface area is 200 Å². The smallest absolute Gasteiger partial charge is 0.222 e. The number of nitrogen functional groups attached to an aromatic ring is 1. The molecule has 2 aromatic heterocycles. The van der Waals surface area contributed by atoms with Crippen LogP contribution in [0.2, 0.25) is 0 Å². The number of anilines is 3. The Balaban J connectivity index is 1.41. The lowest BCUT2D eigenvalue weighted by Crippen LogP contribution is -2.27. The summed E-state index contributed by atoms with van der Waals surface area (Å²) < 4.78 is 6.04. The third-order valence-corrected chi connectivity index (χ3v) is 5.52. The Hall–Kier alpha value is -3.97. The predicted octanol–water partition coefficient (Wildman–Crippen LogP) is 5.93. The van der Waals surface area contributed by atoms with Crippen LogP contribution in [0.1, 0.15) is 32.4 Å². The molecule has 0 fully saturated rings. The lowest BCUT2D eigenvalue weighted by Gasteiger charge is -2.14. The molecule has 174 valence electrons. The number of ether oxygens (including phenoxy) is 1. The van der Waals surface area contributed by atoms with Gasteiger partial charge in [0.1, 0.15) is 17.3 Å². The van der Waals surface area contributed by atoms with Crippen LogP contribution in [0, 0.1) is 0 Å². The van der Waals surface area contributed by atoms with Crippen LogP contribution >= 0.6 is 0 Å². The summed E-state index contributed by atoms with van der Waals surface area (Å²) in [5.41, 5.74) is 9.51. The van der Waals surface area contributed by atoms with Gasteiger partial charge in [-0.25, -0.2) is 4.98 Å². The van der Waals surface area contributed by atoms with E-state index in [0.29, 0.717) is 11.9 Å². The monoisotopic (exact) mass is 454 g/mol. The zero-order chi connectivity index (χ0) is 23.8. The molecule has 0 amide bonds. The van der Waals surface area contributed by atoms with Crippen molar-refractivity contribution >= 4 is 17.5 Å². The van der Waals surface area contributed by atoms with Crippen LogP contribution < -0.4 is 21.1 Å². The molecule has 0 bridgehead atoms. The van der Waals surface area contributed by atoms with Crippen molar-refractivity contribution in [3.05, 3.63) is 84.7 Å². The summed E-state index contributed by atoms with van der Waals surface area (Å²) in [6, 6.07) is 23.8. The van der Waals surface area contributed by atoms with E-state index in [-0.39, 0.29) is 5.95 Å². The molecular formula is C27H30N6O. The number of nitrogens with zero attached hydrogens (tertiary/aromatic N) is 3. The summed E-state index contributed by atoms with van der Waals surface area (Å²) in [6.07, 6.45) is 3.98. The molecule has 4 aromatic rings. The zero-order valence-corrected chi connectivity index (χ0v) is 19.5. The van der Waals surface area contributed by atoms with E-state index < -0.39 is 0 Å². The summed E-state index contributed by atoms with van der Waals surface area (Å²) >= 11 is 0. The molecule has 0 aliphatic heterocycles. The van der Waals surface area contributed by atoms with Crippen LogP contribution in [0.3, 0.4) is 0 Å². The molecule has 0 spiro atoms. The van der Waals surface area contributed by atoms with E-state index in [2.05, 4.69) is 39.4 Å². The molecule has 0 saturated heterocycles. The second kappa shape index (κ2) is 11.2. The first kappa shape index (κ1) is 23.2. The van der Waals surface area contributed by atoms with Crippen LogP contribution in [0.5, 0.6) is 11.5 Å². The number of benzene rings is 2. The van der Waals surface area contributed by atoms with Gasteiger partial charge in [0.25, 0.3) is 0 Å². The number of pyridine rings is 1. The quantitative estimate of drug-likeness (QED) is 0.273. The summed E-state index contributed by atoms with van der Waals surface area (Å²) in [4.78, 5) is 13.1. The second-order valence-electron chi connectivity index (χ2n) is 7.99. The maximum atomic E-state index is 6.04. The van der Waals surface area contributed by atoms with E-state index in [0.717, 1.165) is 53.5 Å². The standard InChI is InChI=1S/C27H30N6O/c1-3-20(4-2)30-18-22-16-24(14-15-29-22)34-23-12-10-21(11-13-23)31-26-17-25(32-27(28)33-26)19-8-6-5-7-9-19/h5-17,20,30H,3-4,18H2,1-2H3,(H3,28,31,32,33). The fraction of sp³-hybridized carbons (Fsp3) is 0.222. The van der Waals surface area contributed by atoms with Gasteiger partial charge in [-0.1, -0.05) is 44.2 Å². The molecule has 0 aliphatic rings. The second-order valence-corrected chi connectivity index (χ2v) is 7.99. The van der Waals surface area contributed by atoms with Crippen LogP contribution in [0.15, 0.2) is 79.0 Å². The van der Waals surface area contributed by atoms with Crippen molar-refractivity contribution in [3.63, 3.8) is 0 Å². The van der Waals surface area contributed by atoms with Crippen LogP contribution in [0.25, 0.3) is 11.3 Å². The Morgan fingerprint density at radius 1 is 0.882 bits per heavy atom. The van der Waals surface area contributed by atoms with Gasteiger partial charge in [-0.2, -0.15) is 4.98 Å². The molecule has 4 N–H and O–H groups in total. The highest BCUT2D eigenvalue weighted by Crippen LogP contribution is 2.26. The van der Waals surface area contributed by atoms with Gasteiger partial charge >= 0.3 is 0 Å². The maximum absolute atomic E-state index is 6.04. The van der Waals surface area contributed by atoms with Crippen molar-refractivity contribution in [1.82, 2.24) is 20.3 Å². The molecule has 7 heteroatoms. The van der Waals surface area contributed by atoms with E-state index in [4.69, 9.17) is 10.5 Å². The first-order chi connectivity index (χ1) is 16.6. The van der Waals surface area contributed by atoms with Gasteiger partial charge < -0.3 is 21.1 Å². The average Bonchev–Trinajstić information content (AvgIpc) is 2.86. The molecule has 4 rings (SSSR count). The Morgan fingerprint density at radius 3 is 2.38 bits per heavy atom. The zero-order valence-electron chi connectivity index (χ0n) is 19.5. The highest BCUT2D eigenvalue weighted by atomic mass is 16.5. The van der Waals surface area contributed by atoms with E-state index in [1.807, 2.05) is 72.8 Å². The molecule has 0 unspecified atom stereocenters. The summed E-state index contributed by atoms with van der Waals surface area (Å²) in [7, 11) is 0. The first-order valence-corrected chi connectivity index (χ1v) is 11.6. The number of nitrogens with two attached hydrogens (primary N) is 1. The molecule has 7 nitrogen and oxygen atoms in total. The molecule has 2 heterocycles. The molecule has 0 saturated carbocycles. The molecular weight excluding hydrogens is 424 g/mol. The minimum Gasteiger partial charge on any atom is -0.457 e. The van der Waals surface area contributed by atoms with Crippen molar-refractivity contribution in [2.75, 3.05) is 11.1 Å². The summed E-state index contributed by atoms with van der Waals surface area (Å²) in [5.74, 6) is 2.34. The van der Waals surface area contributed by atoms with Gasteiger partial charge in [0.2, 0.25) is 5.95 Å². The number of aromatic nitrogens is 3. The topological polar surface area (TPSA) is 98.0 Å². The maximum Gasteiger partial charge on any atom is 0.222 e. The van der Waals surface area contributed by atoms with E-state index >= 15 is 0 Å². The van der Waals surface area contributed by atoms with Crippen LogP contribution in [0.4, 0.5) is 17.5 Å². The fourth-order valence-electron chi connectivity index (χ4n) is 3.62. The van der Waals surface area contributed by atoms with Crippen molar-refractivity contribution in [2.45, 2.75) is 39.3 Å². The molecule has 0 aliphatic carbocycles. The Bertz CT molecular complexity index is 1190.